The second-order valence-corrected chi connectivity index (χ2v) is 6.89. The Kier molecular flexibility index (Phi) is 7.55. The average molecular weight is 403 g/mol. The van der Waals surface area contributed by atoms with Crippen LogP contribution >= 0.6 is 0 Å². The van der Waals surface area contributed by atoms with Gasteiger partial charge in [0.05, 0.1) is 12.2 Å². The van der Waals surface area contributed by atoms with E-state index in [1.807, 2.05) is 55.5 Å². The second kappa shape index (κ2) is 10.8. The summed E-state index contributed by atoms with van der Waals surface area (Å²) in [6.07, 6.45) is 4.17. The lowest BCUT2D eigenvalue weighted by molar-refractivity contribution is -0.121. The Hall–Kier alpha value is -3.67. The van der Waals surface area contributed by atoms with Crippen LogP contribution in [0.25, 0.3) is 0 Å². The lowest BCUT2D eigenvalue weighted by Crippen LogP contribution is -2.23. The van der Waals surface area contributed by atoms with Crippen LogP contribution in [0.3, 0.4) is 0 Å². The highest BCUT2D eigenvalue weighted by molar-refractivity contribution is 6.04. The van der Waals surface area contributed by atoms with Crippen molar-refractivity contribution >= 4 is 17.5 Å². The van der Waals surface area contributed by atoms with Gasteiger partial charge in [-0.25, -0.2) is 0 Å². The maximum absolute atomic E-state index is 12.2. The van der Waals surface area contributed by atoms with Crippen LogP contribution in [0.15, 0.2) is 73.1 Å². The van der Waals surface area contributed by atoms with Crippen molar-refractivity contribution in [1.82, 2.24) is 10.3 Å². The summed E-state index contributed by atoms with van der Waals surface area (Å²) < 4.78 is 5.71. The van der Waals surface area contributed by atoms with E-state index in [1.54, 1.807) is 18.3 Å². The molecular weight excluding hydrogens is 378 g/mol. The smallest absolute Gasteiger partial charge is 0.257 e. The molecule has 0 radical (unpaired) electrons. The number of hydrogen-bond acceptors (Lipinski definition) is 4. The highest BCUT2D eigenvalue weighted by atomic mass is 16.5. The quantitative estimate of drug-likeness (QED) is 0.527. The van der Waals surface area contributed by atoms with E-state index in [4.69, 9.17) is 4.74 Å². The van der Waals surface area contributed by atoms with Gasteiger partial charge in [-0.3, -0.25) is 14.6 Å². The van der Waals surface area contributed by atoms with Crippen LogP contribution in [0.1, 0.15) is 34.3 Å². The third kappa shape index (κ3) is 6.44. The molecule has 0 aliphatic rings. The van der Waals surface area contributed by atoms with Crippen LogP contribution in [-0.4, -0.2) is 23.4 Å². The molecular formula is C24H25N3O3. The molecule has 2 amide bonds. The molecule has 2 N–H and O–H groups in total. The monoisotopic (exact) mass is 403 g/mol. The van der Waals surface area contributed by atoms with Gasteiger partial charge >= 0.3 is 0 Å². The van der Waals surface area contributed by atoms with Gasteiger partial charge < -0.3 is 15.4 Å². The molecule has 0 aliphatic carbocycles. The van der Waals surface area contributed by atoms with Crippen molar-refractivity contribution in [3.05, 3.63) is 89.7 Å². The number of aryl methyl sites for hydroxylation is 1. The first kappa shape index (κ1) is 21.0. The average Bonchev–Trinajstić information content (AvgIpc) is 2.77. The molecule has 3 rings (SSSR count). The Morgan fingerprint density at radius 2 is 1.90 bits per heavy atom. The summed E-state index contributed by atoms with van der Waals surface area (Å²) in [6.45, 7) is 2.89. The molecule has 0 spiro atoms. The number of carbonyl (C=O) groups is 2. The highest BCUT2D eigenvalue weighted by Gasteiger charge is 2.07. The predicted molar refractivity (Wildman–Crippen MR) is 116 cm³/mol. The third-order valence-electron chi connectivity index (χ3n) is 4.50. The van der Waals surface area contributed by atoms with Crippen LogP contribution in [0.5, 0.6) is 5.75 Å². The predicted octanol–water partition coefficient (Wildman–Crippen LogP) is 4.12. The number of para-hydroxylation sites is 1. The molecule has 3 aromatic rings. The van der Waals surface area contributed by atoms with Gasteiger partial charge in [0.15, 0.2) is 0 Å². The largest absolute Gasteiger partial charge is 0.493 e. The lowest BCUT2D eigenvalue weighted by Gasteiger charge is -2.10. The molecule has 0 saturated heterocycles. The number of carbonyl (C=O) groups excluding carboxylic acids is 2. The zero-order chi connectivity index (χ0) is 21.2. The van der Waals surface area contributed by atoms with Gasteiger partial charge in [0, 0.05) is 31.0 Å². The van der Waals surface area contributed by atoms with Crippen LogP contribution in [-0.2, 0) is 11.3 Å². The second-order valence-electron chi connectivity index (χ2n) is 6.89. The topological polar surface area (TPSA) is 80.3 Å². The molecule has 0 bridgehead atoms. The molecule has 0 fully saturated rings. The van der Waals surface area contributed by atoms with E-state index >= 15 is 0 Å². The Labute approximate surface area is 176 Å². The number of amides is 2. The zero-order valence-corrected chi connectivity index (χ0v) is 16.9. The first-order valence-corrected chi connectivity index (χ1v) is 9.87. The van der Waals surface area contributed by atoms with Crippen LogP contribution in [0.2, 0.25) is 0 Å². The fourth-order valence-electron chi connectivity index (χ4n) is 2.88. The summed E-state index contributed by atoms with van der Waals surface area (Å²) >= 11 is 0. The number of anilines is 1. The molecule has 0 aliphatic heterocycles. The van der Waals surface area contributed by atoms with Crippen molar-refractivity contribution in [2.45, 2.75) is 26.3 Å². The first-order chi connectivity index (χ1) is 14.6. The van der Waals surface area contributed by atoms with Gasteiger partial charge in [-0.05, 0) is 54.8 Å². The number of nitrogens with zero attached hydrogens (tertiary/aromatic N) is 1. The first-order valence-electron chi connectivity index (χ1n) is 9.87. The van der Waals surface area contributed by atoms with Gasteiger partial charge in [-0.2, -0.15) is 0 Å². The number of nitrogens with one attached hydrogen (secondary N) is 2. The van der Waals surface area contributed by atoms with Crippen molar-refractivity contribution in [3.8, 4) is 5.75 Å². The van der Waals surface area contributed by atoms with E-state index in [1.165, 1.54) is 6.20 Å². The normalized spacial score (nSPS) is 10.3. The molecule has 6 nitrogen and oxygen atoms in total. The molecule has 2 aromatic carbocycles. The number of benzene rings is 2. The molecule has 0 unspecified atom stereocenters. The SMILES string of the molecule is Cc1ccccc1OCCCC(=O)NCc1cccc(NC(=O)c2cccnc2)c1. The summed E-state index contributed by atoms with van der Waals surface area (Å²) in [5.41, 5.74) is 3.15. The minimum absolute atomic E-state index is 0.0341. The molecule has 1 aromatic heterocycles. The highest BCUT2D eigenvalue weighted by Crippen LogP contribution is 2.16. The number of ether oxygens (including phenoxy) is 1. The fourth-order valence-corrected chi connectivity index (χ4v) is 2.88. The number of pyridine rings is 1. The van der Waals surface area contributed by atoms with E-state index in [2.05, 4.69) is 15.6 Å². The zero-order valence-electron chi connectivity index (χ0n) is 16.9. The minimum atomic E-state index is -0.224. The third-order valence-corrected chi connectivity index (χ3v) is 4.50. The number of rotatable bonds is 9. The van der Waals surface area contributed by atoms with Crippen molar-refractivity contribution in [2.75, 3.05) is 11.9 Å². The Balaban J connectivity index is 1.41. The van der Waals surface area contributed by atoms with Crippen molar-refractivity contribution in [1.29, 1.82) is 0 Å². The molecule has 154 valence electrons. The Morgan fingerprint density at radius 1 is 1.03 bits per heavy atom. The van der Waals surface area contributed by atoms with Crippen molar-refractivity contribution in [3.63, 3.8) is 0 Å². The number of aromatic nitrogens is 1. The van der Waals surface area contributed by atoms with Gasteiger partial charge in [-0.15, -0.1) is 0 Å². The molecule has 30 heavy (non-hydrogen) atoms. The van der Waals surface area contributed by atoms with Crippen LogP contribution in [0.4, 0.5) is 5.69 Å². The fraction of sp³-hybridized carbons (Fsp3) is 0.208. The van der Waals surface area contributed by atoms with E-state index in [0.29, 0.717) is 37.2 Å². The standard InChI is InChI=1S/C24H25N3O3/c1-18-7-2-3-11-22(18)30-14-6-12-23(28)26-16-19-8-4-10-21(15-19)27-24(29)20-9-5-13-25-17-20/h2-5,7-11,13,15,17H,6,12,14,16H2,1H3,(H,26,28)(H,27,29). The summed E-state index contributed by atoms with van der Waals surface area (Å²) in [5.74, 6) is 0.592. The van der Waals surface area contributed by atoms with Gasteiger partial charge in [-0.1, -0.05) is 30.3 Å². The van der Waals surface area contributed by atoms with E-state index < -0.39 is 0 Å². The van der Waals surface area contributed by atoms with Crippen molar-refractivity contribution in [2.24, 2.45) is 0 Å². The van der Waals surface area contributed by atoms with E-state index in [-0.39, 0.29) is 11.8 Å². The van der Waals surface area contributed by atoms with Crippen LogP contribution < -0.4 is 15.4 Å². The van der Waals surface area contributed by atoms with Crippen molar-refractivity contribution < 1.29 is 14.3 Å². The summed E-state index contributed by atoms with van der Waals surface area (Å²) in [6, 6.07) is 18.6. The maximum Gasteiger partial charge on any atom is 0.257 e. The molecule has 0 saturated carbocycles. The minimum Gasteiger partial charge on any atom is -0.493 e. The van der Waals surface area contributed by atoms with E-state index in [9.17, 15) is 9.59 Å². The van der Waals surface area contributed by atoms with Gasteiger partial charge in [0.1, 0.15) is 5.75 Å². The Morgan fingerprint density at radius 3 is 2.70 bits per heavy atom. The van der Waals surface area contributed by atoms with Crippen LogP contribution in [0, 0.1) is 6.92 Å². The summed E-state index contributed by atoms with van der Waals surface area (Å²) in [4.78, 5) is 28.3. The van der Waals surface area contributed by atoms with E-state index in [0.717, 1.165) is 16.9 Å². The van der Waals surface area contributed by atoms with Gasteiger partial charge in [0.25, 0.3) is 5.91 Å². The number of hydrogen-bond donors (Lipinski definition) is 2. The summed E-state index contributed by atoms with van der Waals surface area (Å²) in [5, 5.41) is 5.74. The molecule has 0 atom stereocenters. The summed E-state index contributed by atoms with van der Waals surface area (Å²) in [7, 11) is 0. The van der Waals surface area contributed by atoms with Gasteiger partial charge in [0.2, 0.25) is 5.91 Å². The molecule has 6 heteroatoms. The Bertz CT molecular complexity index is 990. The maximum atomic E-state index is 12.2. The molecule has 1 heterocycles. The lowest BCUT2D eigenvalue weighted by atomic mass is 10.2.